The first kappa shape index (κ1) is 13.8. The minimum absolute atomic E-state index is 0.283. The van der Waals surface area contributed by atoms with Crippen LogP contribution in [0.3, 0.4) is 0 Å². The normalized spacial score (nSPS) is 10.4. The number of pyridine rings is 1. The summed E-state index contributed by atoms with van der Waals surface area (Å²) in [6.45, 7) is 3.23. The van der Waals surface area contributed by atoms with Crippen molar-refractivity contribution >= 4 is 33.5 Å². The number of nitrogens with one attached hydrogen (secondary N) is 1. The molecule has 0 saturated carbocycles. The summed E-state index contributed by atoms with van der Waals surface area (Å²) >= 11 is 5.35. The van der Waals surface area contributed by atoms with E-state index in [9.17, 15) is 0 Å². The summed E-state index contributed by atoms with van der Waals surface area (Å²) < 4.78 is 1.04. The van der Waals surface area contributed by atoms with Crippen LogP contribution in [0.15, 0.2) is 16.7 Å². The monoisotopic (exact) mass is 304 g/mol. The first-order valence-corrected chi connectivity index (χ1v) is 7.24. The molecule has 0 bridgehead atoms. The zero-order valence-corrected chi connectivity index (χ0v) is 11.8. The number of aryl methyl sites for hydroxylation is 1. The number of aliphatic hydroxyl groups excluding tert-OH is 1. The van der Waals surface area contributed by atoms with Crippen molar-refractivity contribution in [3.05, 3.63) is 22.3 Å². The molecule has 16 heavy (non-hydrogen) atoms. The number of nitrogens with zero attached hydrogens (tertiary/aromatic N) is 1. The lowest BCUT2D eigenvalue weighted by Gasteiger charge is -2.08. The average Bonchev–Trinajstić information content (AvgIpc) is 2.29. The smallest absolute Gasteiger partial charge is 0.140 e. The molecule has 3 nitrogen and oxygen atoms in total. The summed E-state index contributed by atoms with van der Waals surface area (Å²) in [5.41, 5.74) is 1.19. The number of halogens is 1. The second-order valence-corrected chi connectivity index (χ2v) is 5.42. The fourth-order valence-corrected chi connectivity index (χ4v) is 2.33. The van der Waals surface area contributed by atoms with Crippen LogP contribution < -0.4 is 5.32 Å². The summed E-state index contributed by atoms with van der Waals surface area (Å²) in [5.74, 6) is 2.95. The van der Waals surface area contributed by atoms with Gasteiger partial charge in [-0.05, 0) is 46.7 Å². The lowest BCUT2D eigenvalue weighted by Crippen LogP contribution is -2.07. The van der Waals surface area contributed by atoms with E-state index in [0.29, 0.717) is 0 Å². The highest BCUT2D eigenvalue weighted by Crippen LogP contribution is 2.22. The number of hydrogen-bond acceptors (Lipinski definition) is 4. The molecule has 2 N–H and O–H groups in total. The van der Waals surface area contributed by atoms with Gasteiger partial charge in [-0.15, -0.1) is 0 Å². The van der Waals surface area contributed by atoms with E-state index in [1.807, 2.05) is 24.8 Å². The predicted molar refractivity (Wildman–Crippen MR) is 74.2 cm³/mol. The number of thioether (sulfide) groups is 1. The third kappa shape index (κ3) is 4.72. The lowest BCUT2D eigenvalue weighted by atomic mass is 10.3. The molecule has 0 aromatic carbocycles. The predicted octanol–water partition coefficient (Wildman–Crippen LogP) is 2.68. The van der Waals surface area contributed by atoms with E-state index in [2.05, 4.69) is 26.2 Å². The van der Waals surface area contributed by atoms with Crippen molar-refractivity contribution in [1.29, 1.82) is 0 Å². The zero-order chi connectivity index (χ0) is 11.8. The van der Waals surface area contributed by atoms with E-state index >= 15 is 0 Å². The van der Waals surface area contributed by atoms with Crippen LogP contribution in [-0.2, 0) is 0 Å². The summed E-state index contributed by atoms with van der Waals surface area (Å²) in [4.78, 5) is 4.27. The molecule has 5 heteroatoms. The quantitative estimate of drug-likeness (QED) is 0.760. The van der Waals surface area contributed by atoms with Gasteiger partial charge in [0, 0.05) is 25.1 Å². The highest BCUT2D eigenvalue weighted by Gasteiger charge is 2.02. The van der Waals surface area contributed by atoms with E-state index in [1.54, 1.807) is 6.20 Å². The highest BCUT2D eigenvalue weighted by atomic mass is 79.9. The Bertz CT molecular complexity index is 323. The molecule has 0 saturated heterocycles. The molecule has 0 atom stereocenters. The summed E-state index contributed by atoms with van der Waals surface area (Å²) in [7, 11) is 0. The third-order valence-corrected chi connectivity index (χ3v) is 4.14. The van der Waals surface area contributed by atoms with Crippen LogP contribution in [0.4, 0.5) is 5.82 Å². The van der Waals surface area contributed by atoms with Crippen molar-refractivity contribution in [3.8, 4) is 0 Å². The Balaban J connectivity index is 2.24. The van der Waals surface area contributed by atoms with Gasteiger partial charge >= 0.3 is 0 Å². The minimum atomic E-state index is 0.283. The van der Waals surface area contributed by atoms with Crippen molar-refractivity contribution in [2.24, 2.45) is 0 Å². The van der Waals surface area contributed by atoms with Crippen LogP contribution in [0.5, 0.6) is 0 Å². The van der Waals surface area contributed by atoms with Gasteiger partial charge in [-0.3, -0.25) is 0 Å². The van der Waals surface area contributed by atoms with Crippen LogP contribution in [0.1, 0.15) is 12.0 Å². The van der Waals surface area contributed by atoms with E-state index < -0.39 is 0 Å². The van der Waals surface area contributed by atoms with E-state index in [1.165, 1.54) is 5.56 Å². The lowest BCUT2D eigenvalue weighted by molar-refractivity contribution is 0.296. The Morgan fingerprint density at radius 1 is 1.50 bits per heavy atom. The largest absolute Gasteiger partial charge is 0.396 e. The molecule has 0 aliphatic carbocycles. The molecule has 90 valence electrons. The van der Waals surface area contributed by atoms with Gasteiger partial charge in [0.25, 0.3) is 0 Å². The SMILES string of the molecule is Cc1ccnc(NCCSCCCO)c1Br. The van der Waals surface area contributed by atoms with Crippen LogP contribution in [-0.4, -0.2) is 34.7 Å². The van der Waals surface area contributed by atoms with Gasteiger partial charge in [0.1, 0.15) is 5.82 Å². The van der Waals surface area contributed by atoms with Crippen LogP contribution in [0.25, 0.3) is 0 Å². The van der Waals surface area contributed by atoms with E-state index in [4.69, 9.17) is 5.11 Å². The van der Waals surface area contributed by atoms with Crippen molar-refractivity contribution in [2.45, 2.75) is 13.3 Å². The van der Waals surface area contributed by atoms with Crippen LogP contribution in [0, 0.1) is 6.92 Å². The molecule has 0 aliphatic rings. The molecule has 1 aromatic heterocycles. The number of hydrogen-bond donors (Lipinski definition) is 2. The molecule has 1 aromatic rings. The zero-order valence-electron chi connectivity index (χ0n) is 9.37. The van der Waals surface area contributed by atoms with Gasteiger partial charge in [0.2, 0.25) is 0 Å². The van der Waals surface area contributed by atoms with Gasteiger partial charge in [-0.25, -0.2) is 4.98 Å². The Morgan fingerprint density at radius 2 is 2.31 bits per heavy atom. The molecule has 1 rings (SSSR count). The Labute approximate surface area is 109 Å². The maximum absolute atomic E-state index is 8.62. The van der Waals surface area contributed by atoms with Gasteiger partial charge < -0.3 is 10.4 Å². The molecule has 0 spiro atoms. The standard InChI is InChI=1S/C11H17BrN2OS/c1-9-3-4-13-11(10(9)12)14-5-8-16-7-2-6-15/h3-4,15H,2,5-8H2,1H3,(H,13,14). The summed E-state index contributed by atoms with van der Waals surface area (Å²) in [5, 5.41) is 11.9. The fraction of sp³-hybridized carbons (Fsp3) is 0.545. The summed E-state index contributed by atoms with van der Waals surface area (Å²) in [6, 6.07) is 1.98. The van der Waals surface area contributed by atoms with Crippen LogP contribution in [0.2, 0.25) is 0 Å². The molecular weight excluding hydrogens is 288 g/mol. The maximum Gasteiger partial charge on any atom is 0.140 e. The van der Waals surface area contributed by atoms with Gasteiger partial charge in [-0.2, -0.15) is 11.8 Å². The van der Waals surface area contributed by atoms with Crippen molar-refractivity contribution < 1.29 is 5.11 Å². The molecule has 0 fully saturated rings. The number of anilines is 1. The molecule has 1 heterocycles. The fourth-order valence-electron chi connectivity index (χ4n) is 1.17. The molecule has 0 aliphatic heterocycles. The second kappa shape index (κ2) is 7.92. The average molecular weight is 305 g/mol. The second-order valence-electron chi connectivity index (χ2n) is 3.41. The summed E-state index contributed by atoms with van der Waals surface area (Å²) in [6.07, 6.45) is 2.68. The third-order valence-electron chi connectivity index (χ3n) is 2.07. The van der Waals surface area contributed by atoms with Crippen molar-refractivity contribution in [3.63, 3.8) is 0 Å². The van der Waals surface area contributed by atoms with Crippen LogP contribution >= 0.6 is 27.7 Å². The molecule has 0 unspecified atom stereocenters. The molecular formula is C11H17BrN2OS. The Hall–Kier alpha value is -0.260. The minimum Gasteiger partial charge on any atom is -0.396 e. The first-order valence-electron chi connectivity index (χ1n) is 5.29. The van der Waals surface area contributed by atoms with E-state index in [0.717, 1.165) is 34.8 Å². The highest BCUT2D eigenvalue weighted by molar-refractivity contribution is 9.10. The van der Waals surface area contributed by atoms with Gasteiger partial charge in [0.05, 0.1) is 4.47 Å². The molecule has 0 radical (unpaired) electrons. The maximum atomic E-state index is 8.62. The van der Waals surface area contributed by atoms with Gasteiger partial charge in [0.15, 0.2) is 0 Å². The van der Waals surface area contributed by atoms with Gasteiger partial charge in [-0.1, -0.05) is 0 Å². The Morgan fingerprint density at radius 3 is 3.06 bits per heavy atom. The first-order chi connectivity index (χ1) is 7.75. The van der Waals surface area contributed by atoms with E-state index in [-0.39, 0.29) is 6.61 Å². The number of rotatable bonds is 7. The van der Waals surface area contributed by atoms with Crippen molar-refractivity contribution in [1.82, 2.24) is 4.98 Å². The number of aromatic nitrogens is 1. The topological polar surface area (TPSA) is 45.2 Å². The Kier molecular flexibility index (Phi) is 6.84. The molecule has 0 amide bonds. The van der Waals surface area contributed by atoms with Crippen molar-refractivity contribution in [2.75, 3.05) is 30.0 Å². The number of aliphatic hydroxyl groups is 1.